The van der Waals surface area contributed by atoms with Gasteiger partial charge in [0.15, 0.2) is 0 Å². The van der Waals surface area contributed by atoms with Gasteiger partial charge in [-0.2, -0.15) is 0 Å². The minimum Gasteiger partial charge on any atom is -0.662 e. The molecule has 0 radical (unpaired) electrons. The molecular formula is C11H22KN. The van der Waals surface area contributed by atoms with Gasteiger partial charge in [0.1, 0.15) is 0 Å². The fourth-order valence-corrected chi connectivity index (χ4v) is 1.91. The van der Waals surface area contributed by atoms with E-state index in [0.717, 1.165) is 24.9 Å². The van der Waals surface area contributed by atoms with Gasteiger partial charge in [-0.3, -0.25) is 0 Å². The molecule has 1 nitrogen and oxygen atoms in total. The second-order valence-electron chi connectivity index (χ2n) is 4.46. The van der Waals surface area contributed by atoms with Crippen LogP contribution in [0.4, 0.5) is 0 Å². The first-order valence-corrected chi connectivity index (χ1v) is 5.42. The summed E-state index contributed by atoms with van der Waals surface area (Å²) in [6.07, 6.45) is 7.00. The molecule has 0 aliphatic carbocycles. The van der Waals surface area contributed by atoms with Gasteiger partial charge in [0.25, 0.3) is 0 Å². The van der Waals surface area contributed by atoms with Crippen LogP contribution in [0.25, 0.3) is 5.32 Å². The van der Waals surface area contributed by atoms with Crippen LogP contribution in [0.3, 0.4) is 0 Å². The zero-order valence-corrected chi connectivity index (χ0v) is 12.7. The van der Waals surface area contributed by atoms with Crippen molar-refractivity contribution in [2.45, 2.75) is 46.0 Å². The van der Waals surface area contributed by atoms with Gasteiger partial charge in [0, 0.05) is 0 Å². The van der Waals surface area contributed by atoms with E-state index in [2.05, 4.69) is 19.2 Å². The first kappa shape index (κ1) is 14.6. The van der Waals surface area contributed by atoms with Crippen molar-refractivity contribution in [2.24, 2.45) is 11.8 Å². The van der Waals surface area contributed by atoms with E-state index >= 15 is 0 Å². The Morgan fingerprint density at radius 3 is 2.69 bits per heavy atom. The van der Waals surface area contributed by atoms with Crippen molar-refractivity contribution in [1.82, 2.24) is 0 Å². The summed E-state index contributed by atoms with van der Waals surface area (Å²) in [5.41, 5.74) is 0. The minimum atomic E-state index is 0. The molecule has 0 bridgehead atoms. The number of rotatable bonds is 4. The smallest absolute Gasteiger partial charge is 0.662 e. The van der Waals surface area contributed by atoms with E-state index in [4.69, 9.17) is 0 Å². The Bertz CT molecular complexity index is 109. The summed E-state index contributed by atoms with van der Waals surface area (Å²) >= 11 is 0. The summed E-state index contributed by atoms with van der Waals surface area (Å²) in [5, 5.41) is 4.46. The molecule has 1 aliphatic rings. The molecule has 1 rings (SSSR count). The quantitative estimate of drug-likeness (QED) is 0.600. The number of hydrogen-bond donors (Lipinski definition) is 0. The molecule has 1 heterocycles. The van der Waals surface area contributed by atoms with Crippen molar-refractivity contribution in [3.05, 3.63) is 5.32 Å². The Morgan fingerprint density at radius 1 is 1.38 bits per heavy atom. The molecule has 2 heteroatoms. The van der Waals surface area contributed by atoms with Gasteiger partial charge in [0.2, 0.25) is 0 Å². The van der Waals surface area contributed by atoms with E-state index in [-0.39, 0.29) is 51.4 Å². The maximum Gasteiger partial charge on any atom is 1.00 e. The van der Waals surface area contributed by atoms with Crippen LogP contribution in [0, 0.1) is 11.8 Å². The SMILES string of the molecule is CC(C)CCCC1CCC[N-]C1.[K+]. The van der Waals surface area contributed by atoms with Crippen LogP contribution < -0.4 is 51.4 Å². The van der Waals surface area contributed by atoms with Crippen LogP contribution in [-0.2, 0) is 0 Å². The van der Waals surface area contributed by atoms with Gasteiger partial charge in [0.05, 0.1) is 0 Å². The topological polar surface area (TPSA) is 14.1 Å². The Balaban J connectivity index is 0.00000144. The van der Waals surface area contributed by atoms with E-state index in [9.17, 15) is 0 Å². The zero-order chi connectivity index (χ0) is 8.81. The average Bonchev–Trinajstić information content (AvgIpc) is 2.05. The summed E-state index contributed by atoms with van der Waals surface area (Å²) < 4.78 is 0. The summed E-state index contributed by atoms with van der Waals surface area (Å²) in [6, 6.07) is 0. The van der Waals surface area contributed by atoms with Gasteiger partial charge in [-0.15, -0.1) is 13.1 Å². The average molecular weight is 207 g/mol. The van der Waals surface area contributed by atoms with Gasteiger partial charge in [-0.05, 0) is 5.92 Å². The van der Waals surface area contributed by atoms with Crippen LogP contribution >= 0.6 is 0 Å². The van der Waals surface area contributed by atoms with E-state index in [1.165, 1.54) is 32.1 Å². The number of piperidine rings is 1. The molecule has 0 spiro atoms. The molecule has 0 saturated carbocycles. The molecule has 1 aliphatic heterocycles. The third-order valence-electron chi connectivity index (χ3n) is 2.71. The molecule has 0 amide bonds. The Morgan fingerprint density at radius 2 is 2.15 bits per heavy atom. The normalized spacial score (nSPS) is 22.8. The summed E-state index contributed by atoms with van der Waals surface area (Å²) in [5.74, 6) is 1.81. The maximum absolute atomic E-state index is 4.46. The van der Waals surface area contributed by atoms with Crippen LogP contribution in [0.1, 0.15) is 46.0 Å². The van der Waals surface area contributed by atoms with Crippen molar-refractivity contribution >= 4 is 0 Å². The van der Waals surface area contributed by atoms with E-state index in [1.54, 1.807) is 0 Å². The predicted octanol–water partition coefficient (Wildman–Crippen LogP) is 0.600. The second kappa shape index (κ2) is 8.87. The standard InChI is InChI=1S/C11H22N.K/c1-10(2)5-3-6-11-7-4-8-12-9-11;/h10-11H,3-9H2,1-2H3;/q-1;+1. The maximum atomic E-state index is 4.46. The van der Waals surface area contributed by atoms with Crippen LogP contribution in [0.5, 0.6) is 0 Å². The molecular weight excluding hydrogens is 185 g/mol. The van der Waals surface area contributed by atoms with Crippen molar-refractivity contribution < 1.29 is 51.4 Å². The monoisotopic (exact) mass is 207 g/mol. The summed E-state index contributed by atoms with van der Waals surface area (Å²) in [7, 11) is 0. The van der Waals surface area contributed by atoms with Gasteiger partial charge < -0.3 is 5.32 Å². The molecule has 1 atom stereocenters. The van der Waals surface area contributed by atoms with Crippen molar-refractivity contribution in [1.29, 1.82) is 0 Å². The Labute approximate surface area is 126 Å². The van der Waals surface area contributed by atoms with Crippen LogP contribution in [-0.4, -0.2) is 13.1 Å². The Kier molecular flexibility index (Phi) is 9.96. The van der Waals surface area contributed by atoms with Crippen molar-refractivity contribution in [3.8, 4) is 0 Å². The first-order chi connectivity index (χ1) is 5.79. The number of nitrogens with zero attached hydrogens (tertiary/aromatic N) is 1. The molecule has 1 fully saturated rings. The largest absolute Gasteiger partial charge is 1.00 e. The van der Waals surface area contributed by atoms with Crippen LogP contribution in [0.15, 0.2) is 0 Å². The van der Waals surface area contributed by atoms with Gasteiger partial charge in [-0.1, -0.05) is 51.9 Å². The van der Waals surface area contributed by atoms with Crippen LogP contribution in [0.2, 0.25) is 0 Å². The first-order valence-electron chi connectivity index (χ1n) is 5.42. The molecule has 0 N–H and O–H groups in total. The molecule has 72 valence electrons. The molecule has 13 heavy (non-hydrogen) atoms. The molecule has 0 aromatic rings. The third kappa shape index (κ3) is 7.52. The van der Waals surface area contributed by atoms with E-state index < -0.39 is 0 Å². The second-order valence-corrected chi connectivity index (χ2v) is 4.46. The zero-order valence-electron chi connectivity index (χ0n) is 9.55. The molecule has 1 unspecified atom stereocenters. The predicted molar refractivity (Wildman–Crippen MR) is 54.5 cm³/mol. The van der Waals surface area contributed by atoms with Crippen molar-refractivity contribution in [3.63, 3.8) is 0 Å². The molecule has 0 aromatic heterocycles. The molecule has 0 aromatic carbocycles. The Hall–Kier alpha value is 1.60. The summed E-state index contributed by atoms with van der Waals surface area (Å²) in [6.45, 7) is 6.90. The molecule has 1 saturated heterocycles. The summed E-state index contributed by atoms with van der Waals surface area (Å²) in [4.78, 5) is 0. The fraction of sp³-hybridized carbons (Fsp3) is 1.00. The minimum absolute atomic E-state index is 0. The number of hydrogen-bond acceptors (Lipinski definition) is 0. The van der Waals surface area contributed by atoms with E-state index in [0.29, 0.717) is 0 Å². The fourth-order valence-electron chi connectivity index (χ4n) is 1.91. The van der Waals surface area contributed by atoms with Gasteiger partial charge in [-0.25, -0.2) is 0 Å². The van der Waals surface area contributed by atoms with Gasteiger partial charge >= 0.3 is 51.4 Å². The third-order valence-corrected chi connectivity index (χ3v) is 2.71. The van der Waals surface area contributed by atoms with Crippen molar-refractivity contribution in [2.75, 3.05) is 13.1 Å². The van der Waals surface area contributed by atoms with E-state index in [1.807, 2.05) is 0 Å².